The predicted octanol–water partition coefficient (Wildman–Crippen LogP) is 1.11. The average Bonchev–Trinajstić information content (AvgIpc) is 2.62. The Hall–Kier alpha value is -2.48. The van der Waals surface area contributed by atoms with Crippen LogP contribution in [0.1, 0.15) is 31.4 Å². The molecule has 2 aliphatic rings. The second kappa shape index (κ2) is 7.60. The molecule has 0 spiro atoms. The zero-order valence-corrected chi connectivity index (χ0v) is 14.8. The fraction of sp³-hybridized carbons (Fsp3) is 0.529. The Kier molecular flexibility index (Phi) is 5.28. The van der Waals surface area contributed by atoms with E-state index in [4.69, 9.17) is 11.6 Å². The summed E-state index contributed by atoms with van der Waals surface area (Å²) in [5, 5.41) is 3.87. The molecule has 2 heterocycles. The number of anilines is 2. The van der Waals surface area contributed by atoms with Crippen LogP contribution in [0.5, 0.6) is 0 Å². The monoisotopic (exact) mass is 342 g/mol. The van der Waals surface area contributed by atoms with Gasteiger partial charge in [-0.15, -0.1) is 0 Å². The van der Waals surface area contributed by atoms with E-state index in [2.05, 4.69) is 43.5 Å². The van der Waals surface area contributed by atoms with Crippen molar-refractivity contribution in [1.82, 2.24) is 14.9 Å². The van der Waals surface area contributed by atoms with Crippen molar-refractivity contribution in [2.24, 2.45) is 15.9 Å². The zero-order chi connectivity index (χ0) is 17.8. The van der Waals surface area contributed by atoms with E-state index < -0.39 is 0 Å². The minimum Gasteiger partial charge on any atom is -0.368 e. The van der Waals surface area contributed by atoms with Gasteiger partial charge in [-0.25, -0.2) is 9.98 Å². The fourth-order valence-electron chi connectivity index (χ4n) is 3.15. The third-order valence-corrected chi connectivity index (χ3v) is 4.69. The number of aliphatic imine (C=N–C) groups is 1. The predicted molar refractivity (Wildman–Crippen MR) is 103 cm³/mol. The maximum atomic E-state index is 5.93. The van der Waals surface area contributed by atoms with E-state index in [1.165, 1.54) is 0 Å². The molecule has 0 unspecified atom stereocenters. The molecule has 0 amide bonds. The molecule has 134 valence electrons. The van der Waals surface area contributed by atoms with Crippen molar-refractivity contribution in [3.63, 3.8) is 0 Å². The van der Waals surface area contributed by atoms with Crippen LogP contribution in [0.2, 0.25) is 0 Å². The molecular formula is C17H26N8. The van der Waals surface area contributed by atoms with E-state index in [0.717, 1.165) is 69.1 Å². The number of nitrogens with two attached hydrogens (primary N) is 2. The first kappa shape index (κ1) is 17.3. The molecule has 1 aliphatic carbocycles. The van der Waals surface area contributed by atoms with Gasteiger partial charge in [-0.2, -0.15) is 10.1 Å². The summed E-state index contributed by atoms with van der Waals surface area (Å²) in [6.07, 6.45) is 3.90. The van der Waals surface area contributed by atoms with Crippen LogP contribution in [-0.2, 0) is 0 Å². The summed E-state index contributed by atoms with van der Waals surface area (Å²) in [7, 11) is 2.12. The summed E-state index contributed by atoms with van der Waals surface area (Å²) in [5.41, 5.74) is 8.90. The van der Waals surface area contributed by atoms with E-state index in [0.29, 0.717) is 11.4 Å². The highest BCUT2D eigenvalue weighted by molar-refractivity contribution is 6.43. The van der Waals surface area contributed by atoms with Crippen molar-refractivity contribution < 1.29 is 0 Å². The number of hydrogen-bond donors (Lipinski definition) is 2. The molecule has 8 heteroatoms. The van der Waals surface area contributed by atoms with Crippen LogP contribution < -0.4 is 16.5 Å². The minimum atomic E-state index is 0.240. The van der Waals surface area contributed by atoms with Crippen molar-refractivity contribution in [3.8, 4) is 0 Å². The maximum absolute atomic E-state index is 5.93. The summed E-state index contributed by atoms with van der Waals surface area (Å²) in [4.78, 5) is 17.8. The van der Waals surface area contributed by atoms with Gasteiger partial charge in [0.25, 0.3) is 0 Å². The normalized spacial score (nSPS) is 22.5. The second-order valence-corrected chi connectivity index (χ2v) is 6.55. The lowest BCUT2D eigenvalue weighted by Gasteiger charge is -2.33. The molecule has 3 rings (SSSR count). The van der Waals surface area contributed by atoms with Crippen LogP contribution in [-0.4, -0.2) is 59.5 Å². The van der Waals surface area contributed by atoms with Crippen molar-refractivity contribution >= 4 is 28.9 Å². The van der Waals surface area contributed by atoms with Gasteiger partial charge in [0, 0.05) is 32.2 Å². The number of nitrogen functional groups attached to an aromatic ring is 1. The standard InChI is InChI=1S/C17H26N8/c1-12(20-13-5-3-4-6-14(13)23-19)15-11-16(22-17(18)21-15)25-9-7-24(2)8-10-25/h11H,1,3-10,19H2,2H3,(H2,18,21,22)/b20-13-,23-14-. The lowest BCUT2D eigenvalue weighted by atomic mass is 9.96. The maximum Gasteiger partial charge on any atom is 0.222 e. The Morgan fingerprint density at radius 2 is 1.80 bits per heavy atom. The lowest BCUT2D eigenvalue weighted by Crippen LogP contribution is -2.44. The molecule has 0 aromatic carbocycles. The Morgan fingerprint density at radius 1 is 1.12 bits per heavy atom. The highest BCUT2D eigenvalue weighted by Crippen LogP contribution is 2.22. The van der Waals surface area contributed by atoms with Crippen LogP contribution in [0.3, 0.4) is 0 Å². The van der Waals surface area contributed by atoms with Crippen LogP contribution in [0.4, 0.5) is 11.8 Å². The molecule has 1 aromatic heterocycles. The highest BCUT2D eigenvalue weighted by Gasteiger charge is 2.19. The zero-order valence-electron chi connectivity index (χ0n) is 14.8. The molecule has 2 fully saturated rings. The van der Waals surface area contributed by atoms with E-state index in [9.17, 15) is 0 Å². The Balaban J connectivity index is 1.83. The number of hydrazone groups is 1. The van der Waals surface area contributed by atoms with E-state index in [1.807, 2.05) is 6.07 Å². The number of aromatic nitrogens is 2. The first-order valence-corrected chi connectivity index (χ1v) is 8.69. The Morgan fingerprint density at radius 3 is 2.48 bits per heavy atom. The number of rotatable bonds is 3. The molecule has 8 nitrogen and oxygen atoms in total. The second-order valence-electron chi connectivity index (χ2n) is 6.55. The number of likely N-dealkylation sites (N-methyl/N-ethyl adjacent to an activating group) is 1. The van der Waals surface area contributed by atoms with Crippen molar-refractivity contribution in [3.05, 3.63) is 18.3 Å². The van der Waals surface area contributed by atoms with Gasteiger partial charge in [0.1, 0.15) is 5.82 Å². The Bertz CT molecular complexity index is 701. The van der Waals surface area contributed by atoms with Gasteiger partial charge < -0.3 is 21.4 Å². The van der Waals surface area contributed by atoms with Gasteiger partial charge in [-0.1, -0.05) is 6.58 Å². The summed E-state index contributed by atoms with van der Waals surface area (Å²) < 4.78 is 0. The van der Waals surface area contributed by atoms with Crippen molar-refractivity contribution in [2.45, 2.75) is 25.7 Å². The van der Waals surface area contributed by atoms with Gasteiger partial charge in [-0.3, -0.25) is 0 Å². The molecule has 0 bridgehead atoms. The molecule has 1 aromatic rings. The van der Waals surface area contributed by atoms with E-state index in [1.54, 1.807) is 0 Å². The molecule has 4 N–H and O–H groups in total. The van der Waals surface area contributed by atoms with Crippen LogP contribution in [0.15, 0.2) is 22.7 Å². The van der Waals surface area contributed by atoms with Gasteiger partial charge in [0.2, 0.25) is 5.95 Å². The summed E-state index contributed by atoms with van der Waals surface area (Å²) in [5.74, 6) is 6.55. The SMILES string of the molecule is C=C(/N=C1/CCCC/C1=N/N)c1cc(N2CCN(C)CC2)nc(N)n1. The largest absolute Gasteiger partial charge is 0.368 e. The average molecular weight is 342 g/mol. The highest BCUT2D eigenvalue weighted by atomic mass is 15.3. The summed E-state index contributed by atoms with van der Waals surface area (Å²) in [6, 6.07) is 1.91. The topological polar surface area (TPSA) is 109 Å². The van der Waals surface area contributed by atoms with Crippen molar-refractivity contribution in [2.75, 3.05) is 43.9 Å². The molecule has 0 atom stereocenters. The van der Waals surface area contributed by atoms with Gasteiger partial charge in [0.15, 0.2) is 0 Å². The van der Waals surface area contributed by atoms with Crippen LogP contribution in [0, 0.1) is 0 Å². The molecular weight excluding hydrogens is 316 g/mol. The van der Waals surface area contributed by atoms with Gasteiger partial charge in [0.05, 0.1) is 22.8 Å². The third-order valence-electron chi connectivity index (χ3n) is 4.69. The minimum absolute atomic E-state index is 0.240. The van der Waals surface area contributed by atoms with Crippen LogP contribution in [0.25, 0.3) is 5.70 Å². The molecule has 1 saturated carbocycles. The number of piperazine rings is 1. The van der Waals surface area contributed by atoms with Gasteiger partial charge >= 0.3 is 0 Å². The molecule has 1 aliphatic heterocycles. The quantitative estimate of drug-likeness (QED) is 0.629. The fourth-order valence-corrected chi connectivity index (χ4v) is 3.15. The number of nitrogens with zero attached hydrogens (tertiary/aromatic N) is 6. The van der Waals surface area contributed by atoms with Gasteiger partial charge in [-0.05, 0) is 32.7 Å². The molecule has 1 saturated heterocycles. The van der Waals surface area contributed by atoms with Crippen LogP contribution >= 0.6 is 0 Å². The Labute approximate surface area is 148 Å². The number of hydrogen-bond acceptors (Lipinski definition) is 8. The van der Waals surface area contributed by atoms with E-state index >= 15 is 0 Å². The summed E-state index contributed by atoms with van der Waals surface area (Å²) >= 11 is 0. The summed E-state index contributed by atoms with van der Waals surface area (Å²) in [6.45, 7) is 7.90. The molecule has 25 heavy (non-hydrogen) atoms. The first-order valence-electron chi connectivity index (χ1n) is 8.69. The first-order chi connectivity index (χ1) is 12.1. The smallest absolute Gasteiger partial charge is 0.222 e. The van der Waals surface area contributed by atoms with E-state index in [-0.39, 0.29) is 5.95 Å². The molecule has 0 radical (unpaired) electrons. The lowest BCUT2D eigenvalue weighted by molar-refractivity contribution is 0.312. The van der Waals surface area contributed by atoms with Crippen molar-refractivity contribution in [1.29, 1.82) is 0 Å². The third kappa shape index (κ3) is 4.14.